The molecule has 4 saturated carbocycles. The number of carbonyl (C=O) groups is 1. The molecular weight excluding hydrogens is 443 g/mol. The molecule has 4 aliphatic carbocycles. The number of benzene rings is 1. The zero-order chi connectivity index (χ0) is 24.3. The Labute approximate surface area is 196 Å². The second-order valence-corrected chi connectivity index (χ2v) is 11.6. The average Bonchev–Trinajstić information content (AvgIpc) is 2.90. The van der Waals surface area contributed by atoms with Gasteiger partial charge in [-0.15, -0.1) is 0 Å². The minimum absolute atomic E-state index is 0.0210. The third-order valence-corrected chi connectivity index (χ3v) is 9.88. The van der Waals surface area contributed by atoms with E-state index in [1.165, 1.54) is 24.3 Å². The predicted molar refractivity (Wildman–Crippen MR) is 119 cm³/mol. The number of rotatable bonds is 2. The second-order valence-electron chi connectivity index (χ2n) is 11.6. The van der Waals surface area contributed by atoms with Crippen LogP contribution in [0.2, 0.25) is 0 Å². The first-order valence-electron chi connectivity index (χ1n) is 12.1. The number of hydrazone groups is 1. The Kier molecular flexibility index (Phi) is 4.54. The zero-order valence-corrected chi connectivity index (χ0v) is 19.2. The van der Waals surface area contributed by atoms with Crippen molar-refractivity contribution in [2.45, 2.75) is 63.6 Å². The van der Waals surface area contributed by atoms with Crippen molar-refractivity contribution in [2.75, 3.05) is 12.0 Å². The van der Waals surface area contributed by atoms with Crippen molar-refractivity contribution in [1.29, 1.82) is 0 Å². The van der Waals surface area contributed by atoms with Gasteiger partial charge in [-0.05, 0) is 61.3 Å². The number of ketones is 1. The number of hydrogen-bond acceptors (Lipinski definition) is 8. The van der Waals surface area contributed by atoms with Crippen LogP contribution < -0.4 is 5.43 Å². The number of nitrogens with one attached hydrogen (secondary N) is 1. The number of aliphatic hydroxyl groups excluding tert-OH is 3. The van der Waals surface area contributed by atoms with Crippen LogP contribution in [0.4, 0.5) is 10.1 Å². The minimum atomic E-state index is -2.29. The Morgan fingerprint density at radius 2 is 1.79 bits per heavy atom. The summed E-state index contributed by atoms with van der Waals surface area (Å²) in [6.07, 6.45) is -1.50. The largest absolute Gasteiger partial charge is 0.392 e. The molecule has 1 aromatic rings. The SMILES string of the molecule is CC1(C)CC[C@H](O)[C@]23CO[C@@](O)([C@@H](O)C12)C12C(=O)/C(=N\Nc4ccc(F)cc4)[C@H](CCC13)[C@H]2O. The molecule has 0 radical (unpaired) electrons. The fraction of sp³-hybridized carbons (Fsp3) is 0.680. The van der Waals surface area contributed by atoms with Gasteiger partial charge in [-0.3, -0.25) is 10.2 Å². The number of anilines is 1. The van der Waals surface area contributed by atoms with E-state index in [-0.39, 0.29) is 12.3 Å². The predicted octanol–water partition coefficient (Wildman–Crippen LogP) is 1.43. The molecule has 4 bridgehead atoms. The van der Waals surface area contributed by atoms with Crippen molar-refractivity contribution in [3.8, 4) is 0 Å². The molecule has 1 aromatic carbocycles. The zero-order valence-electron chi connectivity index (χ0n) is 19.2. The summed E-state index contributed by atoms with van der Waals surface area (Å²) in [5.41, 5.74) is 0.131. The highest BCUT2D eigenvalue weighted by Crippen LogP contribution is 2.75. The van der Waals surface area contributed by atoms with E-state index >= 15 is 0 Å². The van der Waals surface area contributed by atoms with Gasteiger partial charge in [0.05, 0.1) is 24.5 Å². The molecule has 2 aliphatic heterocycles. The monoisotopic (exact) mass is 474 g/mol. The van der Waals surface area contributed by atoms with Crippen LogP contribution in [0.5, 0.6) is 0 Å². The third kappa shape index (κ3) is 2.35. The second kappa shape index (κ2) is 6.85. The van der Waals surface area contributed by atoms with Gasteiger partial charge >= 0.3 is 0 Å². The molecule has 184 valence electrons. The molecule has 9 heteroatoms. The molecule has 34 heavy (non-hydrogen) atoms. The molecule has 2 spiro atoms. The van der Waals surface area contributed by atoms with Gasteiger partial charge in [-0.1, -0.05) is 13.8 Å². The van der Waals surface area contributed by atoms with Crippen LogP contribution in [-0.2, 0) is 9.53 Å². The lowest BCUT2D eigenvalue weighted by molar-refractivity contribution is -0.458. The number of halogens is 1. The highest BCUT2D eigenvalue weighted by atomic mass is 19.1. The highest BCUT2D eigenvalue weighted by molar-refractivity contribution is 6.45. The number of carbonyl (C=O) groups excluding carboxylic acids is 1. The van der Waals surface area contributed by atoms with Crippen molar-refractivity contribution < 1.29 is 34.3 Å². The molecule has 7 rings (SSSR count). The van der Waals surface area contributed by atoms with Gasteiger partial charge in [0.2, 0.25) is 5.79 Å². The van der Waals surface area contributed by atoms with E-state index < -0.39 is 69.7 Å². The van der Waals surface area contributed by atoms with Gasteiger partial charge < -0.3 is 25.2 Å². The lowest BCUT2D eigenvalue weighted by atomic mass is 9.35. The molecule has 0 aromatic heterocycles. The average molecular weight is 475 g/mol. The van der Waals surface area contributed by atoms with Gasteiger partial charge in [0.1, 0.15) is 23.0 Å². The molecule has 8 nitrogen and oxygen atoms in total. The van der Waals surface area contributed by atoms with Crippen LogP contribution in [0, 0.1) is 39.8 Å². The molecule has 9 atom stereocenters. The van der Waals surface area contributed by atoms with E-state index in [1.807, 2.05) is 13.8 Å². The molecule has 6 fully saturated rings. The van der Waals surface area contributed by atoms with Crippen molar-refractivity contribution in [1.82, 2.24) is 0 Å². The van der Waals surface area contributed by atoms with E-state index in [2.05, 4.69) is 10.5 Å². The molecule has 2 heterocycles. The van der Waals surface area contributed by atoms with Crippen LogP contribution in [-0.4, -0.2) is 62.6 Å². The summed E-state index contributed by atoms with van der Waals surface area (Å²) >= 11 is 0. The number of nitrogens with zero attached hydrogens (tertiary/aromatic N) is 1. The lowest BCUT2D eigenvalue weighted by Gasteiger charge is -2.74. The maximum atomic E-state index is 14.1. The van der Waals surface area contributed by atoms with E-state index in [0.717, 1.165) is 0 Å². The Hall–Kier alpha value is -1.91. The van der Waals surface area contributed by atoms with Gasteiger partial charge in [0, 0.05) is 17.3 Å². The number of hydrogen-bond donors (Lipinski definition) is 5. The Morgan fingerprint density at radius 1 is 1.09 bits per heavy atom. The number of fused-ring (bicyclic) bond motifs is 2. The molecular formula is C25H31FN2O6. The maximum absolute atomic E-state index is 14.1. The molecule has 5 N–H and O–H groups in total. The van der Waals surface area contributed by atoms with E-state index in [9.17, 15) is 29.6 Å². The van der Waals surface area contributed by atoms with E-state index in [0.29, 0.717) is 31.4 Å². The summed E-state index contributed by atoms with van der Waals surface area (Å²) in [5, 5.41) is 50.7. The van der Waals surface area contributed by atoms with Crippen LogP contribution in [0.15, 0.2) is 29.4 Å². The van der Waals surface area contributed by atoms with E-state index in [4.69, 9.17) is 4.74 Å². The summed E-state index contributed by atoms with van der Waals surface area (Å²) in [7, 11) is 0. The Bertz CT molecular complexity index is 1080. The third-order valence-electron chi connectivity index (χ3n) is 9.88. The van der Waals surface area contributed by atoms with Crippen LogP contribution in [0.3, 0.4) is 0 Å². The first-order chi connectivity index (χ1) is 16.0. The van der Waals surface area contributed by atoms with Gasteiger partial charge in [-0.2, -0.15) is 5.10 Å². The van der Waals surface area contributed by atoms with Crippen molar-refractivity contribution >= 4 is 17.2 Å². The number of aliphatic hydroxyl groups is 4. The highest BCUT2D eigenvalue weighted by Gasteiger charge is 2.87. The smallest absolute Gasteiger partial charge is 0.208 e. The van der Waals surface area contributed by atoms with Gasteiger partial charge in [0.25, 0.3) is 0 Å². The summed E-state index contributed by atoms with van der Waals surface area (Å²) in [5.74, 6) is -4.97. The Morgan fingerprint density at radius 3 is 2.50 bits per heavy atom. The van der Waals surface area contributed by atoms with Crippen molar-refractivity contribution in [2.24, 2.45) is 39.1 Å². The fourth-order valence-electron chi connectivity index (χ4n) is 8.55. The summed E-state index contributed by atoms with van der Waals surface area (Å²) < 4.78 is 19.2. The van der Waals surface area contributed by atoms with Crippen molar-refractivity contribution in [3.63, 3.8) is 0 Å². The molecule has 0 amide bonds. The van der Waals surface area contributed by atoms with Crippen molar-refractivity contribution in [3.05, 3.63) is 30.1 Å². The maximum Gasteiger partial charge on any atom is 0.208 e. The lowest BCUT2D eigenvalue weighted by Crippen LogP contribution is -2.85. The van der Waals surface area contributed by atoms with Crippen LogP contribution in [0.1, 0.15) is 39.5 Å². The fourth-order valence-corrected chi connectivity index (χ4v) is 8.55. The first-order valence-corrected chi connectivity index (χ1v) is 12.1. The van der Waals surface area contributed by atoms with E-state index in [1.54, 1.807) is 0 Å². The number of Topliss-reactive ketones (excluding diaryl/α,β-unsaturated/α-hetero) is 1. The summed E-state index contributed by atoms with van der Waals surface area (Å²) in [6.45, 7) is 4.06. The molecule has 6 aliphatic rings. The standard InChI is InChI=1S/C25H31FN2O6/c1-22(2)10-9-16(29)23-11-34-25(33,21(32)18(22)23)24-15(23)8-7-14(19(24)30)17(20(24)31)28-27-13-5-3-12(26)4-6-13/h3-6,14-16,18-19,21,27,29-30,32-33H,7-11H2,1-2H3/b28-17-/t14-,15?,16-,18?,19+,21-,23+,24?,25-/m0/s1. The normalized spacial score (nSPS) is 49.6. The van der Waals surface area contributed by atoms with Crippen LogP contribution in [0.25, 0.3) is 0 Å². The molecule has 2 saturated heterocycles. The summed E-state index contributed by atoms with van der Waals surface area (Å²) in [4.78, 5) is 14.1. The minimum Gasteiger partial charge on any atom is -0.392 e. The van der Waals surface area contributed by atoms with Gasteiger partial charge in [0.15, 0.2) is 5.78 Å². The summed E-state index contributed by atoms with van der Waals surface area (Å²) in [6, 6.07) is 5.49. The van der Waals surface area contributed by atoms with Crippen LogP contribution >= 0.6 is 0 Å². The molecule has 3 unspecified atom stereocenters. The topological polar surface area (TPSA) is 132 Å². The Balaban J connectivity index is 1.48. The quantitative estimate of drug-likeness (QED) is 0.410. The first kappa shape index (κ1) is 22.5. The number of ether oxygens (including phenoxy) is 1. The van der Waals surface area contributed by atoms with Gasteiger partial charge in [-0.25, -0.2) is 4.39 Å².